The Morgan fingerprint density at radius 1 is 1.08 bits per heavy atom. The molecule has 0 bridgehead atoms. The number of carbonyl (C=O) groups is 3. The largest absolute Gasteiger partial charge is 0.507 e. The number of aliphatic hydroxyl groups excluding tert-OH is 1. The number of esters is 1. The number of rotatable bonds is 4. The number of nitrogens with zero attached hydrogens (tertiary/aromatic N) is 2. The summed E-state index contributed by atoms with van der Waals surface area (Å²) in [6, 6.07) is 16.5. The SMILES string of the molecule is COC(=O)c1ccc([C@@H]2/C(=C(\O)c3ccc4c(c3)C[C@@H](C)O4)C(=O)C(=O)N2c2nc3ccc(C)cc3s2)cc1. The number of carbonyl (C=O) groups excluding carboxylic acids is 3. The number of ketones is 1. The molecule has 3 aromatic carbocycles. The maximum absolute atomic E-state index is 13.5. The fraction of sp³-hybridized carbons (Fsp3) is 0.200. The van der Waals surface area contributed by atoms with Gasteiger partial charge < -0.3 is 14.6 Å². The van der Waals surface area contributed by atoms with Crippen molar-refractivity contribution in [2.24, 2.45) is 0 Å². The number of ether oxygens (including phenoxy) is 2. The van der Waals surface area contributed by atoms with Crippen molar-refractivity contribution in [1.82, 2.24) is 4.98 Å². The first-order valence-electron chi connectivity index (χ1n) is 12.4. The zero-order valence-corrected chi connectivity index (χ0v) is 22.2. The average molecular weight is 541 g/mol. The number of amides is 1. The summed E-state index contributed by atoms with van der Waals surface area (Å²) >= 11 is 1.30. The van der Waals surface area contributed by atoms with Gasteiger partial charge in [0.2, 0.25) is 0 Å². The summed E-state index contributed by atoms with van der Waals surface area (Å²) in [5.41, 5.74) is 3.90. The van der Waals surface area contributed by atoms with Crippen LogP contribution in [0.2, 0.25) is 0 Å². The molecule has 2 atom stereocenters. The third kappa shape index (κ3) is 4.15. The first-order valence-corrected chi connectivity index (χ1v) is 13.2. The van der Waals surface area contributed by atoms with Gasteiger partial charge in [-0.15, -0.1) is 0 Å². The van der Waals surface area contributed by atoms with Crippen LogP contribution in [-0.2, 0) is 20.7 Å². The predicted molar refractivity (Wildman–Crippen MR) is 147 cm³/mol. The minimum atomic E-state index is -0.957. The molecule has 6 rings (SSSR count). The molecule has 9 heteroatoms. The minimum absolute atomic E-state index is 0.0129. The van der Waals surface area contributed by atoms with Crippen molar-refractivity contribution in [2.45, 2.75) is 32.4 Å². The second kappa shape index (κ2) is 9.36. The van der Waals surface area contributed by atoms with E-state index in [1.54, 1.807) is 42.5 Å². The first kappa shape index (κ1) is 24.8. The Morgan fingerprint density at radius 2 is 1.82 bits per heavy atom. The van der Waals surface area contributed by atoms with E-state index < -0.39 is 23.7 Å². The lowest BCUT2D eigenvalue weighted by atomic mass is 9.94. The van der Waals surface area contributed by atoms with Crippen molar-refractivity contribution >= 4 is 50.1 Å². The highest BCUT2D eigenvalue weighted by Crippen LogP contribution is 2.45. The Labute approximate surface area is 228 Å². The Balaban J connectivity index is 1.52. The van der Waals surface area contributed by atoms with Crippen molar-refractivity contribution < 1.29 is 29.0 Å². The standard InChI is InChI=1S/C30H24N2O6S/c1-15-4-10-21-23(12-15)39-30(31-21)32-25(17-5-7-18(8-6-17)29(36)37-3)24(27(34)28(32)35)26(33)19-9-11-22-20(14-19)13-16(2)38-22/h4-12,14,16,25,33H,13H2,1-3H3/b26-24+/t16-,25-/m1/s1. The number of fused-ring (bicyclic) bond motifs is 2. The van der Waals surface area contributed by atoms with E-state index in [9.17, 15) is 19.5 Å². The average Bonchev–Trinajstić information content (AvgIpc) is 3.59. The van der Waals surface area contributed by atoms with E-state index in [-0.39, 0.29) is 17.4 Å². The highest BCUT2D eigenvalue weighted by Gasteiger charge is 2.48. The Bertz CT molecular complexity index is 1700. The van der Waals surface area contributed by atoms with Gasteiger partial charge in [0.25, 0.3) is 5.78 Å². The molecular formula is C30H24N2O6S. The van der Waals surface area contributed by atoms with Crippen LogP contribution in [0, 0.1) is 6.92 Å². The molecule has 1 aromatic heterocycles. The summed E-state index contributed by atoms with van der Waals surface area (Å²) in [6.45, 7) is 3.93. The first-order chi connectivity index (χ1) is 18.7. The van der Waals surface area contributed by atoms with Gasteiger partial charge in [-0.3, -0.25) is 14.5 Å². The molecule has 2 aliphatic rings. The maximum Gasteiger partial charge on any atom is 0.337 e. The van der Waals surface area contributed by atoms with Gasteiger partial charge in [-0.25, -0.2) is 9.78 Å². The van der Waals surface area contributed by atoms with Crippen LogP contribution < -0.4 is 9.64 Å². The number of Topliss-reactive ketones (excluding diaryl/α,β-unsaturated/α-hetero) is 1. The molecule has 1 saturated heterocycles. The van der Waals surface area contributed by atoms with E-state index in [4.69, 9.17) is 9.47 Å². The number of benzene rings is 3. The molecule has 196 valence electrons. The molecule has 0 saturated carbocycles. The van der Waals surface area contributed by atoms with E-state index in [2.05, 4.69) is 4.98 Å². The van der Waals surface area contributed by atoms with Gasteiger partial charge in [-0.1, -0.05) is 29.5 Å². The van der Waals surface area contributed by atoms with Crippen molar-refractivity contribution in [3.8, 4) is 5.75 Å². The molecule has 2 aliphatic heterocycles. The highest BCUT2D eigenvalue weighted by molar-refractivity contribution is 7.22. The molecule has 3 heterocycles. The fourth-order valence-corrected chi connectivity index (χ4v) is 6.20. The van der Waals surface area contributed by atoms with Gasteiger partial charge in [-0.2, -0.15) is 0 Å². The van der Waals surface area contributed by atoms with Crippen LogP contribution in [0.1, 0.15) is 45.6 Å². The Kier molecular flexibility index (Phi) is 5.95. The van der Waals surface area contributed by atoms with Crippen LogP contribution in [0.4, 0.5) is 5.13 Å². The number of hydrogen-bond acceptors (Lipinski definition) is 8. The Morgan fingerprint density at radius 3 is 2.56 bits per heavy atom. The van der Waals surface area contributed by atoms with Crippen LogP contribution in [0.5, 0.6) is 5.75 Å². The third-order valence-corrected chi connectivity index (χ3v) is 8.02. The quantitative estimate of drug-likeness (QED) is 0.161. The van der Waals surface area contributed by atoms with E-state index in [1.165, 1.54) is 23.3 Å². The monoisotopic (exact) mass is 540 g/mol. The molecule has 4 aromatic rings. The summed E-state index contributed by atoms with van der Waals surface area (Å²) < 4.78 is 11.5. The van der Waals surface area contributed by atoms with Gasteiger partial charge in [0, 0.05) is 12.0 Å². The van der Waals surface area contributed by atoms with E-state index in [0.29, 0.717) is 33.8 Å². The molecule has 1 fully saturated rings. The number of aliphatic hydroxyl groups is 1. The lowest BCUT2D eigenvalue weighted by molar-refractivity contribution is -0.132. The number of methoxy groups -OCH3 is 1. The number of aryl methyl sites for hydroxylation is 1. The molecular weight excluding hydrogens is 516 g/mol. The van der Waals surface area contributed by atoms with E-state index >= 15 is 0 Å². The zero-order chi connectivity index (χ0) is 27.4. The molecule has 1 N–H and O–H groups in total. The second-order valence-corrected chi connectivity index (χ2v) is 10.7. The molecule has 0 spiro atoms. The fourth-order valence-electron chi connectivity index (χ4n) is 5.11. The molecule has 39 heavy (non-hydrogen) atoms. The number of hydrogen-bond donors (Lipinski definition) is 1. The van der Waals surface area contributed by atoms with Gasteiger partial charge in [-0.05, 0) is 73.0 Å². The second-order valence-electron chi connectivity index (χ2n) is 9.71. The maximum atomic E-state index is 13.5. The van der Waals surface area contributed by atoms with Crippen LogP contribution in [0.3, 0.4) is 0 Å². The topological polar surface area (TPSA) is 106 Å². The lowest BCUT2D eigenvalue weighted by Crippen LogP contribution is -2.29. The number of thiazole rings is 1. The van der Waals surface area contributed by atoms with Crippen LogP contribution >= 0.6 is 11.3 Å². The molecule has 0 radical (unpaired) electrons. The van der Waals surface area contributed by atoms with Crippen molar-refractivity contribution in [1.29, 1.82) is 0 Å². The molecule has 8 nitrogen and oxygen atoms in total. The highest BCUT2D eigenvalue weighted by atomic mass is 32.1. The van der Waals surface area contributed by atoms with E-state index in [1.807, 2.05) is 32.0 Å². The lowest BCUT2D eigenvalue weighted by Gasteiger charge is -2.23. The third-order valence-electron chi connectivity index (χ3n) is 7.00. The predicted octanol–water partition coefficient (Wildman–Crippen LogP) is 5.34. The summed E-state index contributed by atoms with van der Waals surface area (Å²) in [6.07, 6.45) is 0.688. The minimum Gasteiger partial charge on any atom is -0.507 e. The summed E-state index contributed by atoms with van der Waals surface area (Å²) in [5, 5.41) is 11.8. The Hall–Kier alpha value is -4.50. The van der Waals surface area contributed by atoms with Crippen molar-refractivity contribution in [2.75, 3.05) is 12.0 Å². The summed E-state index contributed by atoms with van der Waals surface area (Å²) in [7, 11) is 1.29. The van der Waals surface area contributed by atoms with Gasteiger partial charge in [0.15, 0.2) is 5.13 Å². The van der Waals surface area contributed by atoms with Gasteiger partial charge in [0.1, 0.15) is 17.6 Å². The van der Waals surface area contributed by atoms with Gasteiger partial charge in [0.05, 0.1) is 34.5 Å². The van der Waals surface area contributed by atoms with Gasteiger partial charge >= 0.3 is 11.9 Å². The van der Waals surface area contributed by atoms with Crippen molar-refractivity contribution in [3.63, 3.8) is 0 Å². The number of anilines is 1. The molecule has 0 aliphatic carbocycles. The summed E-state index contributed by atoms with van der Waals surface area (Å²) in [4.78, 5) is 45.1. The van der Waals surface area contributed by atoms with E-state index in [0.717, 1.165) is 21.6 Å². The molecule has 1 amide bonds. The van der Waals surface area contributed by atoms with Crippen LogP contribution in [0.15, 0.2) is 66.2 Å². The normalized spacial score (nSPS) is 19.8. The zero-order valence-electron chi connectivity index (χ0n) is 21.4. The van der Waals surface area contributed by atoms with Crippen molar-refractivity contribution in [3.05, 3.63) is 94.1 Å². The van der Waals surface area contributed by atoms with Crippen LogP contribution in [0.25, 0.3) is 16.0 Å². The summed E-state index contributed by atoms with van der Waals surface area (Å²) in [5.74, 6) is -1.65. The number of aromatic nitrogens is 1. The van der Waals surface area contributed by atoms with Crippen LogP contribution in [-0.4, -0.2) is 41.0 Å². The smallest absolute Gasteiger partial charge is 0.337 e. The molecule has 0 unspecified atom stereocenters.